The zero-order chi connectivity index (χ0) is 14.6. The zero-order valence-corrected chi connectivity index (χ0v) is 10.1. The molecular formula is C11H8ClF2NO4. The van der Waals surface area contributed by atoms with Crippen molar-refractivity contribution in [1.82, 2.24) is 0 Å². The highest BCUT2D eigenvalue weighted by Crippen LogP contribution is 2.28. The quantitative estimate of drug-likeness (QED) is 0.660. The van der Waals surface area contributed by atoms with Crippen molar-refractivity contribution in [2.45, 2.75) is 0 Å². The number of aromatic carboxylic acids is 1. The Balaban J connectivity index is 3.12. The molecule has 1 aromatic carbocycles. The van der Waals surface area contributed by atoms with E-state index in [1.165, 1.54) is 6.08 Å². The fourth-order valence-corrected chi connectivity index (χ4v) is 1.37. The van der Waals surface area contributed by atoms with Crippen molar-refractivity contribution < 1.29 is 28.2 Å². The van der Waals surface area contributed by atoms with E-state index in [1.807, 2.05) is 5.32 Å². The second-order valence-electron chi connectivity index (χ2n) is 3.23. The third-order valence-corrected chi connectivity index (χ3v) is 2.21. The molecule has 2 N–H and O–H groups in total. The number of carboxylic acid groups (broad SMARTS) is 1. The van der Waals surface area contributed by atoms with Crippen LogP contribution in [0.1, 0.15) is 10.4 Å². The van der Waals surface area contributed by atoms with Gasteiger partial charge in [-0.2, -0.15) is 0 Å². The lowest BCUT2D eigenvalue weighted by molar-refractivity contribution is 0.0686. The van der Waals surface area contributed by atoms with Crippen molar-refractivity contribution >= 4 is 29.4 Å². The van der Waals surface area contributed by atoms with Gasteiger partial charge in [-0.1, -0.05) is 24.3 Å². The number of carbonyl (C=O) groups excluding carboxylic acids is 1. The van der Waals surface area contributed by atoms with Gasteiger partial charge in [0, 0.05) is 0 Å². The molecule has 102 valence electrons. The second-order valence-corrected chi connectivity index (χ2v) is 3.63. The summed E-state index contributed by atoms with van der Waals surface area (Å²) in [7, 11) is 0. The van der Waals surface area contributed by atoms with Crippen molar-refractivity contribution in [3.8, 4) is 0 Å². The summed E-state index contributed by atoms with van der Waals surface area (Å²) in [4.78, 5) is 21.9. The molecule has 1 amide bonds. The molecule has 0 aliphatic rings. The van der Waals surface area contributed by atoms with Gasteiger partial charge in [0.25, 0.3) is 0 Å². The predicted octanol–water partition coefficient (Wildman–Crippen LogP) is 3.05. The molecule has 8 heteroatoms. The highest BCUT2D eigenvalue weighted by Gasteiger charge is 2.24. The van der Waals surface area contributed by atoms with Crippen LogP contribution in [0.5, 0.6) is 0 Å². The van der Waals surface area contributed by atoms with Crippen LogP contribution in [0.2, 0.25) is 5.02 Å². The van der Waals surface area contributed by atoms with Crippen LogP contribution in [-0.2, 0) is 4.74 Å². The predicted molar refractivity (Wildman–Crippen MR) is 63.5 cm³/mol. The lowest BCUT2D eigenvalue weighted by atomic mass is 10.1. The SMILES string of the molecule is C=CCOC(=O)Nc1cc(Cl)c(F)c(C(=O)O)c1F. The van der Waals surface area contributed by atoms with Gasteiger partial charge in [-0.3, -0.25) is 5.32 Å². The number of rotatable bonds is 4. The van der Waals surface area contributed by atoms with Gasteiger partial charge in [-0.05, 0) is 6.07 Å². The first-order chi connectivity index (χ1) is 8.88. The Hall–Kier alpha value is -2.15. The van der Waals surface area contributed by atoms with Gasteiger partial charge in [0.05, 0.1) is 10.7 Å². The maximum Gasteiger partial charge on any atom is 0.412 e. The Morgan fingerprint density at radius 1 is 1.47 bits per heavy atom. The minimum absolute atomic E-state index is 0.131. The number of halogens is 3. The summed E-state index contributed by atoms with van der Waals surface area (Å²) in [5, 5.41) is 9.94. The molecule has 0 aliphatic carbocycles. The first-order valence-corrected chi connectivity index (χ1v) is 5.21. The van der Waals surface area contributed by atoms with Crippen molar-refractivity contribution in [1.29, 1.82) is 0 Å². The van der Waals surface area contributed by atoms with Crippen LogP contribution in [0.4, 0.5) is 19.3 Å². The molecule has 5 nitrogen and oxygen atoms in total. The van der Waals surface area contributed by atoms with Crippen molar-refractivity contribution in [3.05, 3.63) is 40.9 Å². The zero-order valence-electron chi connectivity index (χ0n) is 9.37. The van der Waals surface area contributed by atoms with E-state index in [-0.39, 0.29) is 6.61 Å². The molecule has 0 saturated heterocycles. The fraction of sp³-hybridized carbons (Fsp3) is 0.0909. The number of benzene rings is 1. The van der Waals surface area contributed by atoms with E-state index in [0.29, 0.717) is 0 Å². The van der Waals surface area contributed by atoms with Gasteiger partial charge in [0.1, 0.15) is 12.2 Å². The summed E-state index contributed by atoms with van der Waals surface area (Å²) >= 11 is 5.41. The molecule has 1 aromatic rings. The molecule has 0 saturated carbocycles. The monoisotopic (exact) mass is 291 g/mol. The minimum atomic E-state index is -1.85. The largest absolute Gasteiger partial charge is 0.477 e. The van der Waals surface area contributed by atoms with Crippen molar-refractivity contribution in [2.24, 2.45) is 0 Å². The molecule has 1 rings (SSSR count). The summed E-state index contributed by atoms with van der Waals surface area (Å²) in [6.45, 7) is 3.16. The van der Waals surface area contributed by atoms with Crippen LogP contribution in [-0.4, -0.2) is 23.8 Å². The number of hydrogen-bond donors (Lipinski definition) is 2. The lowest BCUT2D eigenvalue weighted by Crippen LogP contribution is -2.16. The standard InChI is InChI=1S/C11H8ClF2NO4/c1-2-3-19-11(18)15-6-4-5(12)8(13)7(9(6)14)10(16)17/h2,4H,1,3H2,(H,15,18)(H,16,17). The first-order valence-electron chi connectivity index (χ1n) is 4.84. The summed E-state index contributed by atoms with van der Waals surface area (Å²) in [6.07, 6.45) is 0.216. The minimum Gasteiger partial charge on any atom is -0.477 e. The molecule has 0 fully saturated rings. The van der Waals surface area contributed by atoms with Crippen LogP contribution in [0.25, 0.3) is 0 Å². The van der Waals surface area contributed by atoms with Gasteiger partial charge in [-0.25, -0.2) is 18.4 Å². The molecule has 0 aliphatic heterocycles. The van der Waals surface area contributed by atoms with Crippen LogP contribution in [0.15, 0.2) is 18.7 Å². The first kappa shape index (κ1) is 14.9. The molecule has 0 radical (unpaired) electrons. The Morgan fingerprint density at radius 2 is 2.11 bits per heavy atom. The number of hydrogen-bond acceptors (Lipinski definition) is 3. The lowest BCUT2D eigenvalue weighted by Gasteiger charge is -2.09. The number of carboxylic acids is 1. The molecule has 0 atom stereocenters. The van der Waals surface area contributed by atoms with E-state index in [9.17, 15) is 18.4 Å². The van der Waals surface area contributed by atoms with Crippen LogP contribution in [0, 0.1) is 11.6 Å². The van der Waals surface area contributed by atoms with Crippen LogP contribution >= 0.6 is 11.6 Å². The normalized spacial score (nSPS) is 9.84. The van der Waals surface area contributed by atoms with Crippen molar-refractivity contribution in [3.63, 3.8) is 0 Å². The maximum atomic E-state index is 13.7. The highest BCUT2D eigenvalue weighted by molar-refractivity contribution is 6.31. The summed E-state index contributed by atoms with van der Waals surface area (Å²) in [5.74, 6) is -4.72. The van der Waals surface area contributed by atoms with Crippen LogP contribution < -0.4 is 5.32 Å². The van der Waals surface area contributed by atoms with Gasteiger partial charge >= 0.3 is 12.1 Å². The third-order valence-electron chi connectivity index (χ3n) is 1.94. The Kier molecular flexibility index (Phi) is 4.82. The van der Waals surface area contributed by atoms with E-state index in [1.54, 1.807) is 0 Å². The average Bonchev–Trinajstić information content (AvgIpc) is 2.33. The van der Waals surface area contributed by atoms with Gasteiger partial charge in [0.2, 0.25) is 0 Å². The topological polar surface area (TPSA) is 75.6 Å². The molecule has 0 aromatic heterocycles. The number of amides is 1. The smallest absolute Gasteiger partial charge is 0.412 e. The summed E-state index contributed by atoms with van der Waals surface area (Å²) < 4.78 is 31.5. The third kappa shape index (κ3) is 3.41. The molecule has 19 heavy (non-hydrogen) atoms. The fourth-order valence-electron chi connectivity index (χ4n) is 1.16. The number of ether oxygens (including phenoxy) is 1. The van der Waals surface area contributed by atoms with E-state index >= 15 is 0 Å². The van der Waals surface area contributed by atoms with Crippen molar-refractivity contribution in [2.75, 3.05) is 11.9 Å². The molecule has 0 bridgehead atoms. The Bertz CT molecular complexity index is 548. The number of anilines is 1. The van der Waals surface area contributed by atoms with Gasteiger partial charge < -0.3 is 9.84 Å². The van der Waals surface area contributed by atoms with E-state index in [4.69, 9.17) is 16.7 Å². The molecule has 0 heterocycles. The number of carbonyl (C=O) groups is 2. The Morgan fingerprint density at radius 3 is 2.63 bits per heavy atom. The van der Waals surface area contributed by atoms with Gasteiger partial charge in [0.15, 0.2) is 11.6 Å². The summed E-state index contributed by atoms with van der Waals surface area (Å²) in [6, 6.07) is 0.744. The van der Waals surface area contributed by atoms with Crippen LogP contribution in [0.3, 0.4) is 0 Å². The number of nitrogens with one attached hydrogen (secondary N) is 1. The van der Waals surface area contributed by atoms with E-state index in [0.717, 1.165) is 6.07 Å². The second kappa shape index (κ2) is 6.14. The highest BCUT2D eigenvalue weighted by atomic mass is 35.5. The van der Waals surface area contributed by atoms with E-state index < -0.39 is 40.0 Å². The average molecular weight is 292 g/mol. The molecule has 0 unspecified atom stereocenters. The van der Waals surface area contributed by atoms with E-state index in [2.05, 4.69) is 11.3 Å². The molecule has 0 spiro atoms. The van der Waals surface area contributed by atoms with Gasteiger partial charge in [-0.15, -0.1) is 0 Å². The molecular weight excluding hydrogens is 284 g/mol. The summed E-state index contributed by atoms with van der Waals surface area (Å²) in [5.41, 5.74) is -1.86. The Labute approximate surface area is 111 Å². The maximum absolute atomic E-state index is 13.7.